The molecule has 0 rings (SSSR count). The summed E-state index contributed by atoms with van der Waals surface area (Å²) in [6, 6.07) is -0.579. The number of carbonyl (C=O) groups is 1. The number of thioether (sulfide) groups is 1. The Kier molecular flexibility index (Phi) is 7.74. The third-order valence-electron chi connectivity index (χ3n) is 2.07. The highest BCUT2D eigenvalue weighted by Gasteiger charge is 2.22. The lowest BCUT2D eigenvalue weighted by Crippen LogP contribution is -2.48. The number of amides is 1. The van der Waals surface area contributed by atoms with Crippen molar-refractivity contribution in [3.05, 3.63) is 0 Å². The summed E-state index contributed by atoms with van der Waals surface area (Å²) in [6.07, 6.45) is 2.38. The summed E-state index contributed by atoms with van der Waals surface area (Å²) in [4.78, 5) is 11.5. The molecule has 2 atom stereocenters. The molecule has 0 aliphatic rings. The van der Waals surface area contributed by atoms with Gasteiger partial charge in [0.15, 0.2) is 0 Å². The first-order chi connectivity index (χ1) is 7.43. The van der Waals surface area contributed by atoms with Crippen molar-refractivity contribution < 1.29 is 14.6 Å². The van der Waals surface area contributed by atoms with Crippen LogP contribution in [0.2, 0.25) is 0 Å². The third-order valence-corrected chi connectivity index (χ3v) is 2.98. The van der Waals surface area contributed by atoms with Gasteiger partial charge in [0.1, 0.15) is 0 Å². The van der Waals surface area contributed by atoms with Crippen molar-refractivity contribution in [2.24, 2.45) is 5.73 Å². The molecule has 4 N–H and O–H groups in total. The molecule has 16 heavy (non-hydrogen) atoms. The number of aliphatic hydroxyl groups is 1. The van der Waals surface area contributed by atoms with Crippen molar-refractivity contribution >= 4 is 17.7 Å². The Hall–Kier alpha value is -0.300. The summed E-state index contributed by atoms with van der Waals surface area (Å²) < 4.78 is 4.83. The quantitative estimate of drug-likeness (QED) is 0.545. The van der Waals surface area contributed by atoms with Crippen LogP contribution in [0.15, 0.2) is 0 Å². The number of nitrogens with one attached hydrogen (secondary N) is 1. The number of methoxy groups -OCH3 is 1. The standard InChI is InChI=1S/C10H22N2O3S/c1-10(14,7-16-3)6-12-9(13)8(11)4-5-15-2/h8,14H,4-7,11H2,1-3H3,(H,12,13). The number of hydrogen-bond donors (Lipinski definition) is 3. The molecule has 1 amide bonds. The second kappa shape index (κ2) is 7.89. The third kappa shape index (κ3) is 7.05. The molecule has 0 bridgehead atoms. The van der Waals surface area contributed by atoms with E-state index in [0.29, 0.717) is 18.8 Å². The van der Waals surface area contributed by atoms with Gasteiger partial charge in [-0.3, -0.25) is 4.79 Å². The summed E-state index contributed by atoms with van der Waals surface area (Å²) in [6.45, 7) is 2.35. The zero-order valence-corrected chi connectivity index (χ0v) is 11.0. The van der Waals surface area contributed by atoms with E-state index in [1.54, 1.807) is 14.0 Å². The van der Waals surface area contributed by atoms with E-state index in [9.17, 15) is 9.90 Å². The lowest BCUT2D eigenvalue weighted by atomic mass is 10.1. The van der Waals surface area contributed by atoms with Gasteiger partial charge in [0, 0.05) is 26.0 Å². The van der Waals surface area contributed by atoms with E-state index >= 15 is 0 Å². The first-order valence-electron chi connectivity index (χ1n) is 5.16. The van der Waals surface area contributed by atoms with Crippen molar-refractivity contribution in [2.45, 2.75) is 25.0 Å². The van der Waals surface area contributed by atoms with Gasteiger partial charge in [-0.2, -0.15) is 11.8 Å². The molecule has 0 saturated carbocycles. The SMILES string of the molecule is COCCC(N)C(=O)NCC(C)(O)CSC. The number of carbonyl (C=O) groups excluding carboxylic acids is 1. The Morgan fingerprint density at radius 1 is 1.69 bits per heavy atom. The highest BCUT2D eigenvalue weighted by Crippen LogP contribution is 2.08. The smallest absolute Gasteiger partial charge is 0.237 e. The van der Waals surface area contributed by atoms with E-state index in [4.69, 9.17) is 10.5 Å². The van der Waals surface area contributed by atoms with Crippen molar-refractivity contribution in [2.75, 3.05) is 32.3 Å². The monoisotopic (exact) mass is 250 g/mol. The minimum absolute atomic E-state index is 0.216. The lowest BCUT2D eigenvalue weighted by molar-refractivity contribution is -0.123. The second-order valence-corrected chi connectivity index (χ2v) is 4.90. The molecule has 6 heteroatoms. The van der Waals surface area contributed by atoms with E-state index in [-0.39, 0.29) is 12.5 Å². The predicted octanol–water partition coefficient (Wildman–Crippen LogP) is -0.420. The van der Waals surface area contributed by atoms with E-state index in [1.807, 2.05) is 6.26 Å². The molecule has 0 spiro atoms. The molecule has 0 saturated heterocycles. The second-order valence-electron chi connectivity index (χ2n) is 4.04. The van der Waals surface area contributed by atoms with Gasteiger partial charge < -0.3 is 20.9 Å². The fraction of sp³-hybridized carbons (Fsp3) is 0.900. The Bertz CT molecular complexity index is 212. The molecule has 5 nitrogen and oxygen atoms in total. The molecule has 96 valence electrons. The number of ether oxygens (including phenoxy) is 1. The molecule has 0 fully saturated rings. The predicted molar refractivity (Wildman–Crippen MR) is 66.5 cm³/mol. The van der Waals surface area contributed by atoms with Crippen molar-refractivity contribution in [1.82, 2.24) is 5.32 Å². The summed E-state index contributed by atoms with van der Waals surface area (Å²) >= 11 is 1.53. The largest absolute Gasteiger partial charge is 0.387 e. The number of hydrogen-bond acceptors (Lipinski definition) is 5. The van der Waals surface area contributed by atoms with Crippen LogP contribution in [-0.4, -0.2) is 54.9 Å². The minimum atomic E-state index is -0.893. The molecule has 0 aliphatic heterocycles. The van der Waals surface area contributed by atoms with Crippen LogP contribution in [0.25, 0.3) is 0 Å². The summed E-state index contributed by atoms with van der Waals surface area (Å²) in [5.41, 5.74) is 4.73. The molecule has 0 heterocycles. The van der Waals surface area contributed by atoms with E-state index in [1.165, 1.54) is 11.8 Å². The Balaban J connectivity index is 3.87. The van der Waals surface area contributed by atoms with Gasteiger partial charge >= 0.3 is 0 Å². The van der Waals surface area contributed by atoms with Crippen LogP contribution in [0, 0.1) is 0 Å². The van der Waals surface area contributed by atoms with Crippen LogP contribution in [0.4, 0.5) is 0 Å². The maximum absolute atomic E-state index is 11.5. The molecular weight excluding hydrogens is 228 g/mol. The van der Waals surface area contributed by atoms with E-state index in [2.05, 4.69) is 5.32 Å². The van der Waals surface area contributed by atoms with Crippen LogP contribution in [0.5, 0.6) is 0 Å². The van der Waals surface area contributed by atoms with Crippen LogP contribution in [0.1, 0.15) is 13.3 Å². The number of rotatable bonds is 8. The van der Waals surface area contributed by atoms with Crippen LogP contribution < -0.4 is 11.1 Å². The van der Waals surface area contributed by atoms with E-state index in [0.717, 1.165) is 0 Å². The molecule has 0 aromatic carbocycles. The minimum Gasteiger partial charge on any atom is -0.387 e. The lowest BCUT2D eigenvalue weighted by Gasteiger charge is -2.23. The normalized spacial score (nSPS) is 16.6. The van der Waals surface area contributed by atoms with Crippen LogP contribution in [-0.2, 0) is 9.53 Å². The zero-order valence-electron chi connectivity index (χ0n) is 10.2. The fourth-order valence-corrected chi connectivity index (χ4v) is 1.87. The zero-order chi connectivity index (χ0) is 12.6. The van der Waals surface area contributed by atoms with Crippen molar-refractivity contribution in [1.29, 1.82) is 0 Å². The molecule has 0 aromatic rings. The topological polar surface area (TPSA) is 84.6 Å². The Morgan fingerprint density at radius 3 is 2.81 bits per heavy atom. The maximum atomic E-state index is 11.5. The first kappa shape index (κ1) is 15.7. The summed E-state index contributed by atoms with van der Waals surface area (Å²) in [5, 5.41) is 12.5. The highest BCUT2D eigenvalue weighted by atomic mass is 32.2. The summed E-state index contributed by atoms with van der Waals surface area (Å²) in [5.74, 6) is 0.319. The van der Waals surface area contributed by atoms with Gasteiger partial charge in [-0.15, -0.1) is 0 Å². The van der Waals surface area contributed by atoms with Gasteiger partial charge in [0.25, 0.3) is 0 Å². The first-order valence-corrected chi connectivity index (χ1v) is 6.56. The number of nitrogens with two attached hydrogens (primary N) is 1. The van der Waals surface area contributed by atoms with Gasteiger partial charge in [-0.05, 0) is 19.6 Å². The fourth-order valence-electron chi connectivity index (χ4n) is 1.15. The molecule has 2 unspecified atom stereocenters. The Morgan fingerprint density at radius 2 is 2.31 bits per heavy atom. The van der Waals surface area contributed by atoms with Crippen molar-refractivity contribution in [3.8, 4) is 0 Å². The van der Waals surface area contributed by atoms with E-state index < -0.39 is 11.6 Å². The van der Waals surface area contributed by atoms with Crippen LogP contribution >= 0.6 is 11.8 Å². The molecular formula is C10H22N2O3S. The molecule has 0 aliphatic carbocycles. The average Bonchev–Trinajstić information content (AvgIpc) is 2.22. The van der Waals surface area contributed by atoms with Crippen molar-refractivity contribution in [3.63, 3.8) is 0 Å². The molecule has 0 aromatic heterocycles. The molecule has 0 radical (unpaired) electrons. The highest BCUT2D eigenvalue weighted by molar-refractivity contribution is 7.98. The van der Waals surface area contributed by atoms with Gasteiger partial charge in [-0.25, -0.2) is 0 Å². The Labute approximate surface area is 101 Å². The van der Waals surface area contributed by atoms with Gasteiger partial charge in [-0.1, -0.05) is 0 Å². The van der Waals surface area contributed by atoms with Crippen LogP contribution in [0.3, 0.4) is 0 Å². The summed E-state index contributed by atoms with van der Waals surface area (Å²) in [7, 11) is 1.56. The van der Waals surface area contributed by atoms with Gasteiger partial charge in [0.05, 0.1) is 11.6 Å². The average molecular weight is 250 g/mol. The maximum Gasteiger partial charge on any atom is 0.237 e. The van der Waals surface area contributed by atoms with Gasteiger partial charge in [0.2, 0.25) is 5.91 Å².